The first-order chi connectivity index (χ1) is 10.1. The smallest absolute Gasteiger partial charge is 0.234 e. The molecule has 112 valence electrons. The topological polar surface area (TPSA) is 99.6 Å². The Kier molecular flexibility index (Phi) is 5.14. The molecule has 2 atom stereocenters. The SMILES string of the molecule is N#Cc1ccc(OCC(O)CN2CCCC2C(N)=O)cc1. The van der Waals surface area contributed by atoms with Crippen molar-refractivity contribution in [2.24, 2.45) is 5.73 Å². The Hall–Kier alpha value is -2.10. The molecule has 1 heterocycles. The van der Waals surface area contributed by atoms with Crippen LogP contribution in [0.5, 0.6) is 5.75 Å². The molecular weight excluding hydrogens is 270 g/mol. The van der Waals surface area contributed by atoms with E-state index in [0.29, 0.717) is 17.9 Å². The Morgan fingerprint density at radius 1 is 1.52 bits per heavy atom. The van der Waals surface area contributed by atoms with E-state index in [-0.39, 0.29) is 18.6 Å². The van der Waals surface area contributed by atoms with E-state index in [1.807, 2.05) is 11.0 Å². The number of likely N-dealkylation sites (tertiary alicyclic amines) is 1. The molecule has 1 aliphatic heterocycles. The molecule has 2 unspecified atom stereocenters. The van der Waals surface area contributed by atoms with Gasteiger partial charge in [0, 0.05) is 6.54 Å². The van der Waals surface area contributed by atoms with Crippen LogP contribution >= 0.6 is 0 Å². The molecule has 1 aliphatic rings. The number of ether oxygens (including phenoxy) is 1. The lowest BCUT2D eigenvalue weighted by atomic mass is 10.2. The number of nitrogens with two attached hydrogens (primary N) is 1. The molecule has 6 heteroatoms. The second kappa shape index (κ2) is 7.07. The van der Waals surface area contributed by atoms with Gasteiger partial charge in [-0.15, -0.1) is 0 Å². The predicted molar refractivity (Wildman–Crippen MR) is 76.4 cm³/mol. The van der Waals surface area contributed by atoms with Gasteiger partial charge in [0.1, 0.15) is 18.5 Å². The number of rotatable bonds is 6. The summed E-state index contributed by atoms with van der Waals surface area (Å²) in [7, 11) is 0. The van der Waals surface area contributed by atoms with E-state index in [4.69, 9.17) is 15.7 Å². The van der Waals surface area contributed by atoms with Crippen molar-refractivity contribution in [2.75, 3.05) is 19.7 Å². The molecule has 1 amide bonds. The highest BCUT2D eigenvalue weighted by Crippen LogP contribution is 2.17. The van der Waals surface area contributed by atoms with E-state index in [9.17, 15) is 9.90 Å². The van der Waals surface area contributed by atoms with E-state index in [0.717, 1.165) is 19.4 Å². The van der Waals surface area contributed by atoms with Gasteiger partial charge in [-0.25, -0.2) is 0 Å². The minimum Gasteiger partial charge on any atom is -0.491 e. The average molecular weight is 289 g/mol. The molecule has 0 saturated carbocycles. The summed E-state index contributed by atoms with van der Waals surface area (Å²) in [5.74, 6) is 0.258. The van der Waals surface area contributed by atoms with E-state index < -0.39 is 6.10 Å². The normalized spacial score (nSPS) is 19.9. The largest absolute Gasteiger partial charge is 0.491 e. The maximum Gasteiger partial charge on any atom is 0.234 e. The van der Waals surface area contributed by atoms with Crippen molar-refractivity contribution in [3.8, 4) is 11.8 Å². The fourth-order valence-corrected chi connectivity index (χ4v) is 2.51. The van der Waals surface area contributed by atoms with Crippen molar-refractivity contribution in [3.63, 3.8) is 0 Å². The van der Waals surface area contributed by atoms with Crippen molar-refractivity contribution in [1.82, 2.24) is 4.90 Å². The number of amides is 1. The third kappa shape index (κ3) is 4.18. The van der Waals surface area contributed by atoms with Gasteiger partial charge < -0.3 is 15.6 Å². The minimum atomic E-state index is -0.694. The van der Waals surface area contributed by atoms with Gasteiger partial charge in [0.25, 0.3) is 0 Å². The highest BCUT2D eigenvalue weighted by Gasteiger charge is 2.30. The Labute approximate surface area is 123 Å². The molecule has 1 fully saturated rings. The fraction of sp³-hybridized carbons (Fsp3) is 0.467. The van der Waals surface area contributed by atoms with Gasteiger partial charge in [0.05, 0.1) is 17.7 Å². The van der Waals surface area contributed by atoms with E-state index >= 15 is 0 Å². The third-order valence-electron chi connectivity index (χ3n) is 3.56. The van der Waals surface area contributed by atoms with Gasteiger partial charge >= 0.3 is 0 Å². The molecule has 0 aliphatic carbocycles. The van der Waals surface area contributed by atoms with Gasteiger partial charge in [0.2, 0.25) is 5.91 Å². The Balaban J connectivity index is 1.80. The van der Waals surface area contributed by atoms with Crippen LogP contribution in [0.3, 0.4) is 0 Å². The lowest BCUT2D eigenvalue weighted by Gasteiger charge is -2.24. The summed E-state index contributed by atoms with van der Waals surface area (Å²) >= 11 is 0. The second-order valence-corrected chi connectivity index (χ2v) is 5.16. The summed E-state index contributed by atoms with van der Waals surface area (Å²) in [4.78, 5) is 13.2. The number of nitrogens with zero attached hydrogens (tertiary/aromatic N) is 2. The number of aliphatic hydroxyl groups is 1. The van der Waals surface area contributed by atoms with Gasteiger partial charge in [-0.3, -0.25) is 9.69 Å². The van der Waals surface area contributed by atoms with Crippen molar-refractivity contribution in [3.05, 3.63) is 29.8 Å². The lowest BCUT2D eigenvalue weighted by Crippen LogP contribution is -2.44. The minimum absolute atomic E-state index is 0.133. The molecule has 0 radical (unpaired) electrons. The van der Waals surface area contributed by atoms with Crippen molar-refractivity contribution in [1.29, 1.82) is 5.26 Å². The number of nitriles is 1. The molecule has 1 saturated heterocycles. The number of hydrogen-bond acceptors (Lipinski definition) is 5. The molecule has 2 rings (SSSR count). The maximum absolute atomic E-state index is 11.3. The number of carbonyl (C=O) groups is 1. The molecule has 6 nitrogen and oxygen atoms in total. The van der Waals surface area contributed by atoms with Crippen LogP contribution in [0.4, 0.5) is 0 Å². The zero-order valence-corrected chi connectivity index (χ0v) is 11.7. The van der Waals surface area contributed by atoms with Gasteiger partial charge in [0.15, 0.2) is 0 Å². The first-order valence-electron chi connectivity index (χ1n) is 6.94. The predicted octanol–water partition coefficient (Wildman–Crippen LogP) is 0.248. The van der Waals surface area contributed by atoms with Crippen LogP contribution < -0.4 is 10.5 Å². The summed E-state index contributed by atoms with van der Waals surface area (Å²) in [5, 5.41) is 18.7. The molecule has 3 N–H and O–H groups in total. The van der Waals surface area contributed by atoms with Crippen LogP contribution in [-0.4, -0.2) is 47.8 Å². The first-order valence-corrected chi connectivity index (χ1v) is 6.94. The van der Waals surface area contributed by atoms with Crippen molar-refractivity contribution >= 4 is 5.91 Å². The quantitative estimate of drug-likeness (QED) is 0.782. The summed E-state index contributed by atoms with van der Waals surface area (Å²) in [6.45, 7) is 1.26. The number of hydrogen-bond donors (Lipinski definition) is 2. The number of carbonyl (C=O) groups excluding carboxylic acids is 1. The van der Waals surface area contributed by atoms with E-state index in [1.165, 1.54) is 0 Å². The van der Waals surface area contributed by atoms with Crippen LogP contribution in [0.25, 0.3) is 0 Å². The summed E-state index contributed by atoms with van der Waals surface area (Å²) < 4.78 is 5.47. The standard InChI is InChI=1S/C15H19N3O3/c16-8-11-3-5-13(6-4-11)21-10-12(19)9-18-7-1-2-14(18)15(17)20/h3-6,12,14,19H,1-2,7,9-10H2,(H2,17,20). The molecule has 1 aromatic carbocycles. The summed E-state index contributed by atoms with van der Waals surface area (Å²) in [5.41, 5.74) is 5.90. The molecule has 1 aromatic rings. The molecule has 0 spiro atoms. The highest BCUT2D eigenvalue weighted by molar-refractivity contribution is 5.80. The maximum atomic E-state index is 11.3. The summed E-state index contributed by atoms with van der Waals surface area (Å²) in [6.07, 6.45) is 0.968. The highest BCUT2D eigenvalue weighted by atomic mass is 16.5. The molecule has 21 heavy (non-hydrogen) atoms. The van der Waals surface area contributed by atoms with Gasteiger partial charge in [-0.1, -0.05) is 0 Å². The average Bonchev–Trinajstić information content (AvgIpc) is 2.94. The van der Waals surface area contributed by atoms with Crippen LogP contribution in [-0.2, 0) is 4.79 Å². The Morgan fingerprint density at radius 3 is 2.86 bits per heavy atom. The monoisotopic (exact) mass is 289 g/mol. The van der Waals surface area contributed by atoms with Crippen LogP contribution in [0, 0.1) is 11.3 Å². The molecule has 0 aromatic heterocycles. The van der Waals surface area contributed by atoms with Crippen LogP contribution in [0.2, 0.25) is 0 Å². The van der Waals surface area contributed by atoms with Crippen LogP contribution in [0.15, 0.2) is 24.3 Å². The Bertz CT molecular complexity index is 524. The molecular formula is C15H19N3O3. The second-order valence-electron chi connectivity index (χ2n) is 5.16. The van der Waals surface area contributed by atoms with Gasteiger partial charge in [-0.2, -0.15) is 5.26 Å². The molecule has 0 bridgehead atoms. The summed E-state index contributed by atoms with van der Waals surface area (Å²) in [6, 6.07) is 8.44. The number of primary amides is 1. The zero-order chi connectivity index (χ0) is 15.2. The Morgan fingerprint density at radius 2 is 2.24 bits per heavy atom. The number of benzene rings is 1. The van der Waals surface area contributed by atoms with Gasteiger partial charge in [-0.05, 0) is 43.7 Å². The lowest BCUT2D eigenvalue weighted by molar-refractivity contribution is -0.122. The number of aliphatic hydroxyl groups excluding tert-OH is 1. The van der Waals surface area contributed by atoms with Crippen molar-refractivity contribution < 1.29 is 14.6 Å². The van der Waals surface area contributed by atoms with E-state index in [1.54, 1.807) is 24.3 Å². The third-order valence-corrected chi connectivity index (χ3v) is 3.56. The first kappa shape index (κ1) is 15.3. The van der Waals surface area contributed by atoms with Crippen LogP contribution in [0.1, 0.15) is 18.4 Å². The fourth-order valence-electron chi connectivity index (χ4n) is 2.51. The van der Waals surface area contributed by atoms with E-state index in [2.05, 4.69) is 0 Å². The zero-order valence-electron chi connectivity index (χ0n) is 11.7. The number of β-amino-alcohol motifs (C(OH)–C–C–N with tert-alkyl or cyclic N) is 1. The van der Waals surface area contributed by atoms with Crippen molar-refractivity contribution in [2.45, 2.75) is 25.0 Å².